The molecule has 3 fully saturated rings. The highest BCUT2D eigenvalue weighted by Gasteiger charge is 2.80. The lowest BCUT2D eigenvalue weighted by Crippen LogP contribution is -2.57. The molecule has 1 aromatic carbocycles. The molecule has 2 amide bonds. The van der Waals surface area contributed by atoms with E-state index in [4.69, 9.17) is 21.4 Å². The minimum Gasteiger partial charge on any atom is -0.481 e. The molecule has 9 heteroatoms. The van der Waals surface area contributed by atoms with Crippen molar-refractivity contribution in [3.63, 3.8) is 0 Å². The molecule has 35 heavy (non-hydrogen) atoms. The summed E-state index contributed by atoms with van der Waals surface area (Å²) in [4.78, 5) is 43.5. The number of fused-ring (bicyclic) bond motifs is 1. The number of carboxylic acid groups (broad SMARTS) is 1. The first-order chi connectivity index (χ1) is 16.6. The fourth-order valence-corrected chi connectivity index (χ4v) is 6.70. The van der Waals surface area contributed by atoms with Crippen LogP contribution in [0.25, 0.3) is 0 Å². The number of likely N-dealkylation sites (tertiary alicyclic amines) is 1. The third-order valence-electron chi connectivity index (χ3n) is 8.09. The Hall–Kier alpha value is -2.42. The highest BCUT2D eigenvalue weighted by Crippen LogP contribution is 2.65. The summed E-state index contributed by atoms with van der Waals surface area (Å²) in [5.41, 5.74) is -1.78. The number of unbranched alkanes of at least 4 members (excludes halogenated alkanes) is 2. The Bertz CT molecular complexity index is 1030. The van der Waals surface area contributed by atoms with Gasteiger partial charge < -0.3 is 24.7 Å². The average Bonchev–Trinajstić information content (AvgIpc) is 3.32. The number of carbonyl (C=O) groups is 3. The molecule has 0 saturated carbocycles. The van der Waals surface area contributed by atoms with Crippen LogP contribution in [0.1, 0.15) is 39.5 Å². The summed E-state index contributed by atoms with van der Waals surface area (Å²) >= 11 is 6.45. The van der Waals surface area contributed by atoms with Gasteiger partial charge in [-0.15, -0.1) is 6.58 Å². The molecule has 0 aliphatic carbocycles. The van der Waals surface area contributed by atoms with Gasteiger partial charge in [0.1, 0.15) is 17.6 Å². The van der Waals surface area contributed by atoms with Crippen molar-refractivity contribution < 1.29 is 29.3 Å². The molecule has 0 aromatic heterocycles. The number of anilines is 1. The largest absolute Gasteiger partial charge is 0.481 e. The zero-order valence-corrected chi connectivity index (χ0v) is 20.9. The molecule has 1 spiro atoms. The van der Waals surface area contributed by atoms with E-state index < -0.39 is 35.0 Å². The number of aliphatic hydroxyl groups excluding tert-OH is 1. The van der Waals surface area contributed by atoms with Crippen LogP contribution in [-0.4, -0.2) is 69.8 Å². The molecule has 3 aliphatic rings. The molecule has 190 valence electrons. The Kier molecular flexibility index (Phi) is 7.01. The number of benzene rings is 1. The van der Waals surface area contributed by atoms with Crippen molar-refractivity contribution in [3.8, 4) is 0 Å². The van der Waals surface area contributed by atoms with Crippen LogP contribution in [0.2, 0.25) is 5.02 Å². The lowest BCUT2D eigenvalue weighted by atomic mass is 9.62. The van der Waals surface area contributed by atoms with Crippen LogP contribution in [0, 0.1) is 17.8 Å². The first kappa shape index (κ1) is 25.7. The minimum absolute atomic E-state index is 0.0442. The zero-order valence-electron chi connectivity index (χ0n) is 20.2. The number of amides is 2. The smallest absolute Gasteiger partial charge is 0.310 e. The highest BCUT2D eigenvalue weighted by molar-refractivity contribution is 6.34. The quantitative estimate of drug-likeness (QED) is 0.374. The maximum absolute atomic E-state index is 14.3. The number of ether oxygens (including phenoxy) is 1. The molecule has 8 nitrogen and oxygen atoms in total. The summed E-state index contributed by atoms with van der Waals surface area (Å²) < 4.78 is 6.52. The normalized spacial score (nSPS) is 33.1. The van der Waals surface area contributed by atoms with E-state index in [1.165, 1.54) is 9.80 Å². The summed E-state index contributed by atoms with van der Waals surface area (Å²) in [6.45, 7) is 7.95. The fourth-order valence-electron chi connectivity index (χ4n) is 6.46. The van der Waals surface area contributed by atoms with Crippen molar-refractivity contribution in [2.24, 2.45) is 17.8 Å². The van der Waals surface area contributed by atoms with Crippen LogP contribution in [0.5, 0.6) is 0 Å². The first-order valence-corrected chi connectivity index (χ1v) is 12.5. The van der Waals surface area contributed by atoms with Crippen LogP contribution >= 0.6 is 11.6 Å². The van der Waals surface area contributed by atoms with Crippen LogP contribution < -0.4 is 4.90 Å². The molecule has 3 heterocycles. The van der Waals surface area contributed by atoms with Gasteiger partial charge in [-0.3, -0.25) is 14.4 Å². The number of carboxylic acids is 1. The molecular weight excluding hydrogens is 472 g/mol. The van der Waals surface area contributed by atoms with Crippen molar-refractivity contribution in [3.05, 3.63) is 41.9 Å². The monoisotopic (exact) mass is 504 g/mol. The third-order valence-corrected chi connectivity index (χ3v) is 8.41. The molecule has 2 bridgehead atoms. The van der Waals surface area contributed by atoms with Gasteiger partial charge in [0.25, 0.3) is 5.91 Å². The molecule has 1 aromatic rings. The molecule has 3 saturated heterocycles. The molecule has 0 radical (unpaired) electrons. The number of aliphatic hydroxyl groups is 1. The predicted molar refractivity (Wildman–Crippen MR) is 131 cm³/mol. The number of hydrogen-bond donors (Lipinski definition) is 2. The van der Waals surface area contributed by atoms with E-state index in [1.807, 2.05) is 6.92 Å². The maximum atomic E-state index is 14.3. The van der Waals surface area contributed by atoms with Crippen LogP contribution in [0.15, 0.2) is 36.9 Å². The Morgan fingerprint density at radius 2 is 2.03 bits per heavy atom. The van der Waals surface area contributed by atoms with E-state index in [9.17, 15) is 19.5 Å². The number of nitrogens with zero attached hydrogens (tertiary/aromatic N) is 2. The molecule has 6 atom stereocenters. The predicted octanol–water partition coefficient (Wildman–Crippen LogP) is 3.12. The molecule has 3 unspecified atom stereocenters. The number of rotatable bonds is 10. The second-order valence-corrected chi connectivity index (χ2v) is 10.5. The molecule has 3 aliphatic heterocycles. The lowest BCUT2D eigenvalue weighted by Gasteiger charge is -2.37. The number of para-hydroxylation sites is 1. The molecule has 4 rings (SSSR count). The fraction of sp³-hybridized carbons (Fsp3) is 0.577. The summed E-state index contributed by atoms with van der Waals surface area (Å²) in [5, 5.41) is 19.7. The van der Waals surface area contributed by atoms with Crippen molar-refractivity contribution in [1.29, 1.82) is 0 Å². The average molecular weight is 505 g/mol. The second-order valence-electron chi connectivity index (χ2n) is 10.0. The Morgan fingerprint density at radius 1 is 1.31 bits per heavy atom. The SMILES string of the molecule is C=CCN(C(=O)C1N(CCCCCO)C(=O)[C@@H]2[C@H](C(=O)O)[C@@]3(C)OC12CC3C)c1ccccc1Cl. The van der Waals surface area contributed by atoms with Gasteiger partial charge in [0.15, 0.2) is 0 Å². The van der Waals surface area contributed by atoms with Gasteiger partial charge in [0, 0.05) is 19.7 Å². The summed E-state index contributed by atoms with van der Waals surface area (Å²) in [6.07, 6.45) is 3.85. The Balaban J connectivity index is 1.80. The topological polar surface area (TPSA) is 107 Å². The standard InChI is InChI=1S/C26H33ClN2O6/c1-4-12-28(18-11-7-6-10-17(18)27)23(32)21-26-15-16(2)25(3,35-26)20(24(33)34)19(26)22(31)29(21)13-8-5-9-14-30/h4,6-7,10-11,16,19-21,30H,1,5,8-9,12-15H2,2-3H3,(H,33,34)/t16?,19-,20+,21?,25-,26?/m0/s1. The van der Waals surface area contributed by atoms with Gasteiger partial charge in [-0.1, -0.05) is 36.7 Å². The lowest BCUT2D eigenvalue weighted by molar-refractivity contribution is -0.156. The van der Waals surface area contributed by atoms with Gasteiger partial charge >= 0.3 is 5.97 Å². The van der Waals surface area contributed by atoms with E-state index in [-0.39, 0.29) is 37.4 Å². The molecule has 2 N–H and O–H groups in total. The maximum Gasteiger partial charge on any atom is 0.310 e. The summed E-state index contributed by atoms with van der Waals surface area (Å²) in [5.74, 6) is -3.92. The number of hydrogen-bond acceptors (Lipinski definition) is 5. The van der Waals surface area contributed by atoms with Crippen molar-refractivity contribution in [2.45, 2.75) is 56.8 Å². The second kappa shape index (κ2) is 9.56. The van der Waals surface area contributed by atoms with E-state index in [2.05, 4.69) is 6.58 Å². The number of halogens is 1. The number of carbonyl (C=O) groups excluding carboxylic acids is 2. The van der Waals surface area contributed by atoms with E-state index in [1.54, 1.807) is 37.3 Å². The van der Waals surface area contributed by atoms with Crippen molar-refractivity contribution in [1.82, 2.24) is 4.90 Å². The third kappa shape index (κ3) is 3.86. The highest BCUT2D eigenvalue weighted by atomic mass is 35.5. The first-order valence-electron chi connectivity index (χ1n) is 12.1. The van der Waals surface area contributed by atoms with E-state index in [0.717, 1.165) is 0 Å². The van der Waals surface area contributed by atoms with E-state index in [0.29, 0.717) is 36.4 Å². The van der Waals surface area contributed by atoms with Crippen LogP contribution in [0.4, 0.5) is 5.69 Å². The van der Waals surface area contributed by atoms with E-state index >= 15 is 0 Å². The van der Waals surface area contributed by atoms with Gasteiger partial charge in [-0.05, 0) is 50.7 Å². The minimum atomic E-state index is -1.23. The van der Waals surface area contributed by atoms with Crippen molar-refractivity contribution in [2.75, 3.05) is 24.6 Å². The van der Waals surface area contributed by atoms with Gasteiger partial charge in [-0.2, -0.15) is 0 Å². The summed E-state index contributed by atoms with van der Waals surface area (Å²) in [7, 11) is 0. The van der Waals surface area contributed by atoms with Crippen LogP contribution in [0.3, 0.4) is 0 Å². The Labute approximate surface area is 210 Å². The van der Waals surface area contributed by atoms with Gasteiger partial charge in [0.05, 0.1) is 22.2 Å². The molecular formula is C26H33ClN2O6. The van der Waals surface area contributed by atoms with Crippen molar-refractivity contribution >= 4 is 35.1 Å². The van der Waals surface area contributed by atoms with Gasteiger partial charge in [0.2, 0.25) is 5.91 Å². The van der Waals surface area contributed by atoms with Crippen LogP contribution in [-0.2, 0) is 19.1 Å². The summed E-state index contributed by atoms with van der Waals surface area (Å²) in [6, 6.07) is 5.98. The Morgan fingerprint density at radius 3 is 2.66 bits per heavy atom. The van der Waals surface area contributed by atoms with Gasteiger partial charge in [-0.25, -0.2) is 0 Å². The number of aliphatic carboxylic acids is 1. The zero-order chi connectivity index (χ0) is 25.5.